The Hall–Kier alpha value is -2.67. The predicted molar refractivity (Wildman–Crippen MR) is 99.8 cm³/mol. The number of rotatable bonds is 7. The van der Waals surface area contributed by atoms with Crippen LogP contribution in [0, 0.1) is 30.9 Å². The molecule has 136 valence electrons. The first kappa shape index (κ1) is 19.7. The average molecular weight is 373 g/mol. The molecule has 0 saturated heterocycles. The lowest BCUT2D eigenvalue weighted by atomic mass is 10.1. The smallest absolute Gasteiger partial charge is 0.316 e. The van der Waals surface area contributed by atoms with Crippen molar-refractivity contribution in [3.8, 4) is 0 Å². The second kappa shape index (κ2) is 8.62. The summed E-state index contributed by atoms with van der Waals surface area (Å²) in [5.74, 6) is -0.895. The second-order valence-corrected chi connectivity index (χ2v) is 6.92. The van der Waals surface area contributed by atoms with Crippen molar-refractivity contribution in [2.75, 3.05) is 12.4 Å². The highest BCUT2D eigenvalue weighted by molar-refractivity contribution is 8.00. The number of nitro groups is 1. The monoisotopic (exact) mass is 373 g/mol. The Morgan fingerprint density at radius 3 is 2.46 bits per heavy atom. The molecule has 0 N–H and O–H groups in total. The van der Waals surface area contributed by atoms with Crippen LogP contribution in [0.2, 0.25) is 0 Å². The van der Waals surface area contributed by atoms with Gasteiger partial charge < -0.3 is 4.74 Å². The number of Topliss-reactive ketones (excluding diaryl/α,β-unsaturated/α-hetero) is 1. The Kier molecular flexibility index (Phi) is 6.52. The Bertz CT molecular complexity index is 863. The van der Waals surface area contributed by atoms with Crippen molar-refractivity contribution < 1.29 is 19.2 Å². The van der Waals surface area contributed by atoms with Gasteiger partial charge in [0.15, 0.2) is 6.61 Å². The van der Waals surface area contributed by atoms with Crippen LogP contribution in [0.25, 0.3) is 0 Å². The van der Waals surface area contributed by atoms with E-state index in [1.807, 2.05) is 32.0 Å². The van der Waals surface area contributed by atoms with E-state index in [1.165, 1.54) is 30.0 Å². The summed E-state index contributed by atoms with van der Waals surface area (Å²) in [6.45, 7) is 5.12. The maximum atomic E-state index is 12.1. The molecule has 0 aromatic heterocycles. The molecule has 0 aliphatic rings. The number of benzene rings is 2. The van der Waals surface area contributed by atoms with Crippen molar-refractivity contribution in [2.24, 2.45) is 0 Å². The molecule has 2 aromatic carbocycles. The van der Waals surface area contributed by atoms with E-state index in [9.17, 15) is 19.7 Å². The van der Waals surface area contributed by atoms with Crippen LogP contribution in [-0.4, -0.2) is 29.0 Å². The molecule has 0 aliphatic carbocycles. The fourth-order valence-corrected chi connectivity index (χ4v) is 3.16. The van der Waals surface area contributed by atoms with Crippen molar-refractivity contribution in [1.29, 1.82) is 0 Å². The van der Waals surface area contributed by atoms with Gasteiger partial charge in [-0.3, -0.25) is 19.7 Å². The number of nitro benzene ring substituents is 1. The van der Waals surface area contributed by atoms with Gasteiger partial charge in [-0.2, -0.15) is 0 Å². The number of carbonyl (C=O) groups excluding carboxylic acids is 2. The molecule has 0 amide bonds. The lowest BCUT2D eigenvalue weighted by molar-refractivity contribution is -0.385. The van der Waals surface area contributed by atoms with Gasteiger partial charge in [0, 0.05) is 22.1 Å². The molecule has 0 bridgehead atoms. The molecule has 0 fully saturated rings. The molecule has 0 unspecified atom stereocenters. The summed E-state index contributed by atoms with van der Waals surface area (Å²) in [5.41, 5.74) is 2.70. The Balaban J connectivity index is 1.89. The van der Waals surface area contributed by atoms with Crippen LogP contribution in [0.4, 0.5) is 5.69 Å². The highest BCUT2D eigenvalue weighted by atomic mass is 32.2. The maximum Gasteiger partial charge on any atom is 0.316 e. The standard InChI is InChI=1S/C19H19NO5S/c1-12-4-7-18(14(3)8-12)26-11-19(22)25-10-17(21)15-6-5-13(2)16(9-15)20(23)24/h4-9H,10-11H2,1-3H3. The fourth-order valence-electron chi connectivity index (χ4n) is 2.35. The molecule has 0 saturated carbocycles. The van der Waals surface area contributed by atoms with Gasteiger partial charge >= 0.3 is 5.97 Å². The van der Waals surface area contributed by atoms with E-state index in [4.69, 9.17) is 4.74 Å². The van der Waals surface area contributed by atoms with E-state index in [-0.39, 0.29) is 17.0 Å². The molecule has 7 heteroatoms. The largest absolute Gasteiger partial charge is 0.457 e. The molecule has 2 aromatic rings. The summed E-state index contributed by atoms with van der Waals surface area (Å²) in [4.78, 5) is 35.3. The number of ketones is 1. The Morgan fingerprint density at radius 1 is 1.08 bits per heavy atom. The van der Waals surface area contributed by atoms with E-state index < -0.39 is 23.3 Å². The lowest BCUT2D eigenvalue weighted by Crippen LogP contribution is -2.15. The van der Waals surface area contributed by atoms with Gasteiger partial charge in [-0.25, -0.2) is 0 Å². The summed E-state index contributed by atoms with van der Waals surface area (Å²) >= 11 is 1.34. The molecular weight excluding hydrogens is 354 g/mol. The Labute approximate surface area is 155 Å². The fraction of sp³-hybridized carbons (Fsp3) is 0.263. The summed E-state index contributed by atoms with van der Waals surface area (Å²) < 4.78 is 4.99. The number of nitrogens with zero attached hydrogens (tertiary/aromatic N) is 1. The molecule has 0 atom stereocenters. The van der Waals surface area contributed by atoms with Crippen LogP contribution >= 0.6 is 11.8 Å². The first-order valence-corrected chi connectivity index (χ1v) is 8.90. The van der Waals surface area contributed by atoms with E-state index in [0.717, 1.165) is 16.0 Å². The predicted octanol–water partition coefficient (Wildman–Crippen LogP) is 4.04. The summed E-state index contributed by atoms with van der Waals surface area (Å²) in [6.07, 6.45) is 0. The zero-order chi connectivity index (χ0) is 19.3. The van der Waals surface area contributed by atoms with Crippen LogP contribution in [0.15, 0.2) is 41.3 Å². The molecule has 26 heavy (non-hydrogen) atoms. The number of aryl methyl sites for hydroxylation is 3. The number of ether oxygens (including phenoxy) is 1. The SMILES string of the molecule is Cc1ccc(SCC(=O)OCC(=O)c2ccc(C)c([N+](=O)[O-])c2)c(C)c1. The van der Waals surface area contributed by atoms with E-state index in [2.05, 4.69) is 0 Å². The lowest BCUT2D eigenvalue weighted by Gasteiger charge is -2.07. The number of thioether (sulfide) groups is 1. The minimum Gasteiger partial charge on any atom is -0.457 e. The zero-order valence-corrected chi connectivity index (χ0v) is 15.6. The molecule has 6 nitrogen and oxygen atoms in total. The van der Waals surface area contributed by atoms with Gasteiger partial charge in [0.25, 0.3) is 5.69 Å². The molecule has 0 spiro atoms. The third kappa shape index (κ3) is 5.16. The Morgan fingerprint density at radius 2 is 1.81 bits per heavy atom. The normalized spacial score (nSPS) is 10.4. The molecule has 0 heterocycles. The van der Waals surface area contributed by atoms with Crippen LogP contribution in [0.5, 0.6) is 0 Å². The van der Waals surface area contributed by atoms with Gasteiger partial charge in [-0.15, -0.1) is 11.8 Å². The first-order valence-electron chi connectivity index (χ1n) is 7.92. The van der Waals surface area contributed by atoms with Gasteiger partial charge in [-0.05, 0) is 32.4 Å². The number of hydrogen-bond donors (Lipinski definition) is 0. The molecule has 0 aliphatic heterocycles. The quantitative estimate of drug-likeness (QED) is 0.239. The van der Waals surface area contributed by atoms with Crippen LogP contribution < -0.4 is 0 Å². The topological polar surface area (TPSA) is 86.5 Å². The average Bonchev–Trinajstić information content (AvgIpc) is 2.59. The van der Waals surface area contributed by atoms with Gasteiger partial charge in [0.2, 0.25) is 5.78 Å². The van der Waals surface area contributed by atoms with E-state index in [1.54, 1.807) is 6.92 Å². The van der Waals surface area contributed by atoms with Crippen LogP contribution in [-0.2, 0) is 9.53 Å². The molecule has 0 radical (unpaired) electrons. The van der Waals surface area contributed by atoms with Gasteiger partial charge in [-0.1, -0.05) is 29.8 Å². The second-order valence-electron chi connectivity index (χ2n) is 5.90. The highest BCUT2D eigenvalue weighted by Gasteiger charge is 2.16. The van der Waals surface area contributed by atoms with Crippen LogP contribution in [0.3, 0.4) is 0 Å². The van der Waals surface area contributed by atoms with Crippen molar-refractivity contribution >= 4 is 29.2 Å². The van der Waals surface area contributed by atoms with Crippen molar-refractivity contribution in [3.63, 3.8) is 0 Å². The summed E-state index contributed by atoms with van der Waals surface area (Å²) in [7, 11) is 0. The minimum absolute atomic E-state index is 0.0885. The highest BCUT2D eigenvalue weighted by Crippen LogP contribution is 2.23. The van der Waals surface area contributed by atoms with E-state index >= 15 is 0 Å². The molecular formula is C19H19NO5S. The van der Waals surface area contributed by atoms with Crippen molar-refractivity contribution in [2.45, 2.75) is 25.7 Å². The maximum absolute atomic E-state index is 12.1. The first-order chi connectivity index (χ1) is 12.3. The number of esters is 1. The zero-order valence-electron chi connectivity index (χ0n) is 14.8. The van der Waals surface area contributed by atoms with E-state index in [0.29, 0.717) is 5.56 Å². The summed E-state index contributed by atoms with van der Waals surface area (Å²) in [6, 6.07) is 10.1. The summed E-state index contributed by atoms with van der Waals surface area (Å²) in [5, 5.41) is 10.9. The third-order valence-corrected chi connectivity index (χ3v) is 4.92. The van der Waals surface area contributed by atoms with Crippen molar-refractivity contribution in [1.82, 2.24) is 0 Å². The van der Waals surface area contributed by atoms with Crippen molar-refractivity contribution in [3.05, 3.63) is 68.8 Å². The number of carbonyl (C=O) groups is 2. The minimum atomic E-state index is -0.543. The third-order valence-electron chi connectivity index (χ3n) is 3.77. The molecule has 2 rings (SSSR count). The van der Waals surface area contributed by atoms with Crippen LogP contribution in [0.1, 0.15) is 27.0 Å². The number of hydrogen-bond acceptors (Lipinski definition) is 6. The van der Waals surface area contributed by atoms with Gasteiger partial charge in [0.1, 0.15) is 0 Å². The van der Waals surface area contributed by atoms with Gasteiger partial charge in [0.05, 0.1) is 10.7 Å².